The Balaban J connectivity index is 0.912. The number of H-pyrrole nitrogens is 1. The lowest BCUT2D eigenvalue weighted by Crippen LogP contribution is -2.35. The second-order valence-corrected chi connectivity index (χ2v) is 12.3. The maximum absolute atomic E-state index is 13.2. The van der Waals surface area contributed by atoms with Crippen molar-refractivity contribution in [2.24, 2.45) is 12.0 Å². The topological polar surface area (TPSA) is 165 Å². The highest BCUT2D eigenvalue weighted by Crippen LogP contribution is 2.38. The predicted octanol–water partition coefficient (Wildman–Crippen LogP) is 5.52. The maximum Gasteiger partial charge on any atom is 0.291 e. The molecule has 3 amide bonds. The summed E-state index contributed by atoms with van der Waals surface area (Å²) in [6, 6.07) is 16.1. The number of carbonyl (C=O) groups is 3. The Labute approximate surface area is 293 Å². The monoisotopic (exact) mass is 688 g/mol. The van der Waals surface area contributed by atoms with Crippen LogP contribution in [0.2, 0.25) is 0 Å². The summed E-state index contributed by atoms with van der Waals surface area (Å²) < 4.78 is 18.3. The molecule has 1 atom stereocenters. The lowest BCUT2D eigenvalue weighted by Gasteiger charge is -2.20. The molecule has 0 unspecified atom stereocenters. The molecule has 0 bridgehead atoms. The number of nitrogens with zero attached hydrogens (tertiary/aromatic N) is 5. The van der Waals surface area contributed by atoms with Crippen LogP contribution in [0.25, 0.3) is 22.4 Å². The van der Waals surface area contributed by atoms with Gasteiger partial charge in [0.25, 0.3) is 11.8 Å². The van der Waals surface area contributed by atoms with Gasteiger partial charge in [0.15, 0.2) is 17.3 Å². The number of aromatic amines is 1. The largest absolute Gasteiger partial charge is 0.497 e. The molecular weight excluding hydrogens is 652 g/mol. The number of anilines is 2. The Morgan fingerprint density at radius 1 is 1.02 bits per heavy atom. The molecule has 0 saturated carbocycles. The molecule has 0 spiro atoms. The molecule has 14 nitrogen and oxygen atoms in total. The molecule has 1 fully saturated rings. The fraction of sp³-hybridized carbons (Fsp3) is 0.243. The van der Waals surface area contributed by atoms with E-state index in [1.54, 1.807) is 60.3 Å². The number of nitrogens with one attached hydrogen (secondary N) is 3. The van der Waals surface area contributed by atoms with Crippen molar-refractivity contribution >= 4 is 52.2 Å². The predicted molar refractivity (Wildman–Crippen MR) is 192 cm³/mol. The second-order valence-electron chi connectivity index (χ2n) is 12.3. The van der Waals surface area contributed by atoms with E-state index in [4.69, 9.17) is 14.2 Å². The molecule has 0 radical (unpaired) electrons. The van der Waals surface area contributed by atoms with Crippen LogP contribution >= 0.6 is 0 Å². The number of benzene rings is 3. The normalized spacial score (nSPS) is 15.0. The molecule has 260 valence electrons. The van der Waals surface area contributed by atoms with Crippen LogP contribution in [0.3, 0.4) is 0 Å². The SMILES string of the molecule is C=C1C[C@H]2C=Nc3cc(OCCCC(=O)Nc4cn(C)c(C(=O)Nc5ccc(-c6nc7ccc(OC)cc7[nH]6)cc5)n4)c(OC)cc3C(=O)N2C1. The third kappa shape index (κ3) is 6.88. The molecule has 2 aromatic heterocycles. The fourth-order valence-corrected chi connectivity index (χ4v) is 6.11. The average Bonchev–Trinajstić information content (AvgIpc) is 3.82. The van der Waals surface area contributed by atoms with Crippen LogP contribution in [0.15, 0.2) is 77.9 Å². The molecule has 3 aromatic carbocycles. The van der Waals surface area contributed by atoms with Gasteiger partial charge in [-0.1, -0.05) is 12.2 Å². The number of ether oxygens (including phenoxy) is 3. The number of imidazole rings is 2. The molecule has 0 aliphatic carbocycles. The molecule has 4 heterocycles. The molecular formula is C37H36N8O6. The van der Waals surface area contributed by atoms with Crippen LogP contribution < -0.4 is 24.8 Å². The molecule has 3 N–H and O–H groups in total. The number of methoxy groups -OCH3 is 2. The van der Waals surface area contributed by atoms with Gasteiger partial charge in [0.2, 0.25) is 11.7 Å². The third-order valence-electron chi connectivity index (χ3n) is 8.71. The zero-order valence-corrected chi connectivity index (χ0v) is 28.4. The van der Waals surface area contributed by atoms with Gasteiger partial charge in [0, 0.05) is 55.8 Å². The Kier molecular flexibility index (Phi) is 8.96. The number of aromatic nitrogens is 4. The summed E-state index contributed by atoms with van der Waals surface area (Å²) >= 11 is 0. The zero-order valence-electron chi connectivity index (χ0n) is 28.4. The first kappa shape index (κ1) is 33.1. The van der Waals surface area contributed by atoms with Gasteiger partial charge >= 0.3 is 0 Å². The highest BCUT2D eigenvalue weighted by molar-refractivity contribution is 6.04. The lowest BCUT2D eigenvalue weighted by atomic mass is 10.1. The van der Waals surface area contributed by atoms with E-state index >= 15 is 0 Å². The summed E-state index contributed by atoms with van der Waals surface area (Å²) in [5.74, 6) is 1.81. The Morgan fingerprint density at radius 2 is 1.84 bits per heavy atom. The number of fused-ring (bicyclic) bond motifs is 3. The maximum atomic E-state index is 13.2. The van der Waals surface area contributed by atoms with Crippen molar-refractivity contribution in [2.45, 2.75) is 25.3 Å². The standard InChI is InChI=1S/C37H36N8O6/c1-21-14-24-18-38-28-17-31(30(50-4)16-26(28)37(48)45(24)19-21)51-13-5-6-33(46)42-32-20-44(2)35(43-32)36(47)39-23-9-7-22(8-10-23)34-40-27-12-11-25(49-3)15-29(27)41-34/h7-12,15-18,20,24H,1,5-6,13-14,19H2,2-4H3,(H,39,47)(H,40,41)(H,42,46)/t24-/m0/s1. The molecule has 2 aliphatic rings. The fourth-order valence-electron chi connectivity index (χ4n) is 6.11. The van der Waals surface area contributed by atoms with E-state index in [0.29, 0.717) is 53.6 Å². The summed E-state index contributed by atoms with van der Waals surface area (Å²) in [6.07, 6.45) is 4.58. The quantitative estimate of drug-likeness (QED) is 0.121. The Bertz CT molecular complexity index is 2200. The molecule has 2 aliphatic heterocycles. The Morgan fingerprint density at radius 3 is 2.63 bits per heavy atom. The minimum atomic E-state index is -0.429. The van der Waals surface area contributed by atoms with Crippen molar-refractivity contribution in [3.8, 4) is 28.6 Å². The minimum Gasteiger partial charge on any atom is -0.497 e. The molecule has 51 heavy (non-hydrogen) atoms. The highest BCUT2D eigenvalue weighted by Gasteiger charge is 2.34. The van der Waals surface area contributed by atoms with Crippen LogP contribution in [0.5, 0.6) is 17.2 Å². The smallest absolute Gasteiger partial charge is 0.291 e. The van der Waals surface area contributed by atoms with Gasteiger partial charge in [-0.05, 0) is 55.3 Å². The molecule has 7 rings (SSSR count). The first-order valence-corrected chi connectivity index (χ1v) is 16.3. The molecule has 5 aromatic rings. The van der Waals surface area contributed by atoms with E-state index in [1.165, 1.54) is 7.11 Å². The van der Waals surface area contributed by atoms with Crippen LogP contribution in [0.4, 0.5) is 17.2 Å². The number of carbonyl (C=O) groups excluding carboxylic acids is 3. The van der Waals surface area contributed by atoms with Gasteiger partial charge in [-0.2, -0.15) is 0 Å². The molecule has 14 heteroatoms. The molecule has 1 saturated heterocycles. The average molecular weight is 689 g/mol. The van der Waals surface area contributed by atoms with Crippen molar-refractivity contribution in [3.05, 3.63) is 84.3 Å². The summed E-state index contributed by atoms with van der Waals surface area (Å²) in [4.78, 5) is 57.5. The number of rotatable bonds is 11. The lowest BCUT2D eigenvalue weighted by molar-refractivity contribution is -0.116. The summed E-state index contributed by atoms with van der Waals surface area (Å²) in [5, 5.41) is 5.59. The Hall–Kier alpha value is -6.44. The van der Waals surface area contributed by atoms with Gasteiger partial charge in [-0.25, -0.2) is 9.97 Å². The number of amides is 3. The van der Waals surface area contributed by atoms with Crippen molar-refractivity contribution in [1.82, 2.24) is 24.4 Å². The van der Waals surface area contributed by atoms with Gasteiger partial charge in [-0.3, -0.25) is 19.4 Å². The van der Waals surface area contributed by atoms with Crippen LogP contribution in [-0.4, -0.2) is 81.8 Å². The number of hydrogen-bond donors (Lipinski definition) is 3. The van der Waals surface area contributed by atoms with Crippen LogP contribution in [-0.2, 0) is 11.8 Å². The van der Waals surface area contributed by atoms with Crippen molar-refractivity contribution in [3.63, 3.8) is 0 Å². The van der Waals surface area contributed by atoms with Crippen molar-refractivity contribution in [2.75, 3.05) is 38.0 Å². The van der Waals surface area contributed by atoms with Gasteiger partial charge in [0.05, 0.1) is 49.2 Å². The third-order valence-corrected chi connectivity index (χ3v) is 8.71. The first-order chi connectivity index (χ1) is 24.7. The first-order valence-electron chi connectivity index (χ1n) is 16.3. The summed E-state index contributed by atoms with van der Waals surface area (Å²) in [6.45, 7) is 4.73. The van der Waals surface area contributed by atoms with Gasteiger partial charge in [0.1, 0.15) is 11.6 Å². The second kappa shape index (κ2) is 13.8. The van der Waals surface area contributed by atoms with E-state index < -0.39 is 5.91 Å². The number of hydrogen-bond acceptors (Lipinski definition) is 9. The number of aryl methyl sites for hydroxylation is 1. The zero-order chi connectivity index (χ0) is 35.6. The van der Waals surface area contributed by atoms with Crippen LogP contribution in [0.1, 0.15) is 40.2 Å². The van der Waals surface area contributed by atoms with E-state index in [1.807, 2.05) is 30.3 Å². The van der Waals surface area contributed by atoms with Crippen LogP contribution in [0, 0.1) is 0 Å². The highest BCUT2D eigenvalue weighted by atomic mass is 16.5. The van der Waals surface area contributed by atoms with Gasteiger partial charge < -0.3 is 39.3 Å². The summed E-state index contributed by atoms with van der Waals surface area (Å²) in [7, 11) is 4.80. The van der Waals surface area contributed by atoms with E-state index in [0.717, 1.165) is 27.9 Å². The number of aliphatic imine (C=N–C) groups is 1. The summed E-state index contributed by atoms with van der Waals surface area (Å²) in [5.41, 5.74) is 5.04. The van der Waals surface area contributed by atoms with Crippen molar-refractivity contribution < 1.29 is 28.6 Å². The van der Waals surface area contributed by atoms with Crippen molar-refractivity contribution in [1.29, 1.82) is 0 Å². The van der Waals surface area contributed by atoms with E-state index in [-0.39, 0.29) is 42.5 Å². The van der Waals surface area contributed by atoms with Gasteiger partial charge in [-0.15, -0.1) is 0 Å². The van der Waals surface area contributed by atoms with E-state index in [2.05, 4.69) is 37.2 Å². The minimum absolute atomic E-state index is 0.116. The van der Waals surface area contributed by atoms with E-state index in [9.17, 15) is 14.4 Å².